The molecule has 0 bridgehead atoms. The van der Waals surface area contributed by atoms with Crippen molar-refractivity contribution in [2.75, 3.05) is 18.6 Å². The van der Waals surface area contributed by atoms with E-state index in [1.807, 2.05) is 18.2 Å². The third-order valence-electron chi connectivity index (χ3n) is 2.68. The van der Waals surface area contributed by atoms with E-state index >= 15 is 0 Å². The third-order valence-corrected chi connectivity index (χ3v) is 2.68. The zero-order valence-corrected chi connectivity index (χ0v) is 10.5. The quantitative estimate of drug-likeness (QED) is 0.845. The minimum Gasteiger partial charge on any atom is -0.484 e. The summed E-state index contributed by atoms with van der Waals surface area (Å²) in [5.41, 5.74) is 0.502. The molecule has 0 saturated heterocycles. The molecule has 98 valence electrons. The lowest BCUT2D eigenvalue weighted by Crippen LogP contribution is -2.31. The van der Waals surface area contributed by atoms with Gasteiger partial charge in [-0.3, -0.25) is 4.79 Å². The highest BCUT2D eigenvalue weighted by molar-refractivity contribution is 5.93. The number of carbonyl (C=O) groups excluding carboxylic acids is 1. The van der Waals surface area contributed by atoms with E-state index in [4.69, 9.17) is 4.74 Å². The number of hydrogen-bond acceptors (Lipinski definition) is 2. The van der Waals surface area contributed by atoms with Gasteiger partial charge in [-0.15, -0.1) is 0 Å². The molecule has 1 amide bonds. The average molecular weight is 259 g/mol. The fourth-order valence-corrected chi connectivity index (χ4v) is 1.59. The van der Waals surface area contributed by atoms with Crippen LogP contribution in [-0.2, 0) is 4.79 Å². The molecule has 2 aromatic carbocycles. The van der Waals surface area contributed by atoms with Crippen molar-refractivity contribution in [3.05, 3.63) is 60.4 Å². The molecule has 0 aliphatic heterocycles. The summed E-state index contributed by atoms with van der Waals surface area (Å²) < 4.78 is 18.4. The molecule has 0 fully saturated rings. The van der Waals surface area contributed by atoms with Crippen molar-refractivity contribution < 1.29 is 13.9 Å². The first-order chi connectivity index (χ1) is 9.16. The Kier molecular flexibility index (Phi) is 4.13. The molecule has 2 rings (SSSR count). The Morgan fingerprint density at radius 3 is 2.58 bits per heavy atom. The van der Waals surface area contributed by atoms with Crippen LogP contribution >= 0.6 is 0 Å². The number of carbonyl (C=O) groups is 1. The number of ether oxygens (including phenoxy) is 1. The smallest absolute Gasteiger partial charge is 0.264 e. The number of nitrogens with zero attached hydrogens (tertiary/aromatic N) is 1. The summed E-state index contributed by atoms with van der Waals surface area (Å²) >= 11 is 0. The summed E-state index contributed by atoms with van der Waals surface area (Å²) in [6.07, 6.45) is 0. The minimum atomic E-state index is -0.374. The van der Waals surface area contributed by atoms with Crippen LogP contribution in [0.5, 0.6) is 5.75 Å². The van der Waals surface area contributed by atoms with Crippen molar-refractivity contribution >= 4 is 11.6 Å². The monoisotopic (exact) mass is 259 g/mol. The molecule has 0 unspecified atom stereocenters. The Labute approximate surface area is 111 Å². The fraction of sp³-hybridized carbons (Fsp3) is 0.133. The van der Waals surface area contributed by atoms with Crippen LogP contribution in [0, 0.1) is 5.82 Å². The van der Waals surface area contributed by atoms with Gasteiger partial charge in [0.15, 0.2) is 6.61 Å². The first kappa shape index (κ1) is 13.1. The molecule has 0 heterocycles. The number of amides is 1. The van der Waals surface area contributed by atoms with Crippen molar-refractivity contribution in [1.82, 2.24) is 0 Å². The average Bonchev–Trinajstić information content (AvgIpc) is 2.45. The number of halogens is 1. The summed E-state index contributed by atoms with van der Waals surface area (Å²) in [6.45, 7) is -0.0863. The third kappa shape index (κ3) is 3.55. The normalized spacial score (nSPS) is 10.0. The number of likely N-dealkylation sites (N-methyl/N-ethyl adjacent to an activating group) is 1. The standard InChI is InChI=1S/C15H14FNO2/c1-17(13-7-5-6-12(16)10-13)15(18)11-19-14-8-3-2-4-9-14/h2-10H,11H2,1H3. The highest BCUT2D eigenvalue weighted by Gasteiger charge is 2.12. The molecular formula is C15H14FNO2. The second-order valence-corrected chi connectivity index (χ2v) is 4.03. The predicted octanol–water partition coefficient (Wildman–Crippen LogP) is 2.87. The van der Waals surface area contributed by atoms with Gasteiger partial charge in [0, 0.05) is 12.7 Å². The van der Waals surface area contributed by atoms with E-state index < -0.39 is 0 Å². The van der Waals surface area contributed by atoms with Gasteiger partial charge in [-0.25, -0.2) is 4.39 Å². The van der Waals surface area contributed by atoms with Crippen LogP contribution in [0.25, 0.3) is 0 Å². The number of rotatable bonds is 4. The Morgan fingerprint density at radius 2 is 1.89 bits per heavy atom. The van der Waals surface area contributed by atoms with E-state index in [0.717, 1.165) is 0 Å². The molecule has 0 radical (unpaired) electrons. The largest absolute Gasteiger partial charge is 0.484 e. The first-order valence-corrected chi connectivity index (χ1v) is 5.87. The minimum absolute atomic E-state index is 0.0863. The van der Waals surface area contributed by atoms with Crippen LogP contribution in [0.4, 0.5) is 10.1 Å². The van der Waals surface area contributed by atoms with Crippen molar-refractivity contribution in [3.8, 4) is 5.75 Å². The van der Waals surface area contributed by atoms with E-state index in [9.17, 15) is 9.18 Å². The Morgan fingerprint density at radius 1 is 1.16 bits per heavy atom. The summed E-state index contributed by atoms with van der Waals surface area (Å²) in [4.78, 5) is 13.3. The van der Waals surface area contributed by atoms with E-state index in [1.165, 1.54) is 17.0 Å². The van der Waals surface area contributed by atoms with E-state index in [2.05, 4.69) is 0 Å². The van der Waals surface area contributed by atoms with Crippen LogP contribution in [0.1, 0.15) is 0 Å². The van der Waals surface area contributed by atoms with Gasteiger partial charge in [0.2, 0.25) is 0 Å². The Hall–Kier alpha value is -2.36. The van der Waals surface area contributed by atoms with Crippen molar-refractivity contribution in [3.63, 3.8) is 0 Å². The van der Waals surface area contributed by atoms with Crippen LogP contribution in [-0.4, -0.2) is 19.6 Å². The van der Waals surface area contributed by atoms with Crippen molar-refractivity contribution in [1.29, 1.82) is 0 Å². The maximum absolute atomic E-state index is 13.1. The van der Waals surface area contributed by atoms with Gasteiger partial charge >= 0.3 is 0 Å². The number of benzene rings is 2. The van der Waals surface area contributed by atoms with Gasteiger partial charge in [-0.05, 0) is 30.3 Å². The Balaban J connectivity index is 1.96. The van der Waals surface area contributed by atoms with Gasteiger partial charge < -0.3 is 9.64 Å². The van der Waals surface area contributed by atoms with Gasteiger partial charge in [-0.2, -0.15) is 0 Å². The van der Waals surface area contributed by atoms with Gasteiger partial charge in [-0.1, -0.05) is 24.3 Å². The lowest BCUT2D eigenvalue weighted by atomic mass is 10.3. The summed E-state index contributed by atoms with van der Waals surface area (Å²) in [5, 5.41) is 0. The molecule has 0 aliphatic rings. The lowest BCUT2D eigenvalue weighted by Gasteiger charge is -2.17. The molecule has 0 aliphatic carbocycles. The number of para-hydroxylation sites is 1. The van der Waals surface area contributed by atoms with Crippen LogP contribution in [0.15, 0.2) is 54.6 Å². The van der Waals surface area contributed by atoms with Crippen LogP contribution < -0.4 is 9.64 Å². The molecule has 2 aromatic rings. The molecule has 19 heavy (non-hydrogen) atoms. The highest BCUT2D eigenvalue weighted by atomic mass is 19.1. The zero-order valence-electron chi connectivity index (χ0n) is 10.5. The molecule has 3 nitrogen and oxygen atoms in total. The second-order valence-electron chi connectivity index (χ2n) is 4.03. The fourth-order valence-electron chi connectivity index (χ4n) is 1.59. The molecule has 0 saturated carbocycles. The Bertz CT molecular complexity index is 557. The summed E-state index contributed by atoms with van der Waals surface area (Å²) in [6, 6.07) is 14.9. The molecule has 4 heteroatoms. The number of anilines is 1. The topological polar surface area (TPSA) is 29.5 Å². The first-order valence-electron chi connectivity index (χ1n) is 5.87. The van der Waals surface area contributed by atoms with E-state index in [-0.39, 0.29) is 18.3 Å². The predicted molar refractivity (Wildman–Crippen MR) is 71.7 cm³/mol. The molecular weight excluding hydrogens is 245 g/mol. The summed E-state index contributed by atoms with van der Waals surface area (Å²) in [5.74, 6) is 0.0130. The van der Waals surface area contributed by atoms with Crippen LogP contribution in [0.3, 0.4) is 0 Å². The van der Waals surface area contributed by atoms with Crippen molar-refractivity contribution in [2.45, 2.75) is 0 Å². The molecule has 0 spiro atoms. The SMILES string of the molecule is CN(C(=O)COc1ccccc1)c1cccc(F)c1. The second kappa shape index (κ2) is 6.00. The van der Waals surface area contributed by atoms with E-state index in [0.29, 0.717) is 11.4 Å². The number of hydrogen-bond donors (Lipinski definition) is 0. The van der Waals surface area contributed by atoms with Crippen LogP contribution in [0.2, 0.25) is 0 Å². The zero-order chi connectivity index (χ0) is 13.7. The van der Waals surface area contributed by atoms with Gasteiger partial charge in [0.1, 0.15) is 11.6 Å². The van der Waals surface area contributed by atoms with Crippen molar-refractivity contribution in [2.24, 2.45) is 0 Å². The van der Waals surface area contributed by atoms with Gasteiger partial charge in [0.05, 0.1) is 0 Å². The maximum Gasteiger partial charge on any atom is 0.264 e. The van der Waals surface area contributed by atoms with E-state index in [1.54, 1.807) is 31.3 Å². The molecule has 0 N–H and O–H groups in total. The molecule has 0 aromatic heterocycles. The highest BCUT2D eigenvalue weighted by Crippen LogP contribution is 2.14. The molecule has 0 atom stereocenters. The maximum atomic E-state index is 13.1. The lowest BCUT2D eigenvalue weighted by molar-refractivity contribution is -0.120. The van der Waals surface area contributed by atoms with Gasteiger partial charge in [0.25, 0.3) is 5.91 Å². The summed E-state index contributed by atoms with van der Waals surface area (Å²) in [7, 11) is 1.59.